The van der Waals surface area contributed by atoms with E-state index in [1.807, 2.05) is 13.8 Å². The number of nitrogens with two attached hydrogens (primary N) is 1. The van der Waals surface area contributed by atoms with Crippen LogP contribution in [0, 0.1) is 12.3 Å². The van der Waals surface area contributed by atoms with Gasteiger partial charge in [-0.05, 0) is 13.8 Å². The van der Waals surface area contributed by atoms with Gasteiger partial charge in [0.05, 0.1) is 6.10 Å². The summed E-state index contributed by atoms with van der Waals surface area (Å²) in [5.41, 5.74) is 5.43. The lowest BCUT2D eigenvalue weighted by Crippen LogP contribution is -2.11. The summed E-state index contributed by atoms with van der Waals surface area (Å²) in [6.45, 7) is 3.77. The molecular weight excluding hydrogens is 196 g/mol. The molecule has 0 radical (unpaired) electrons. The van der Waals surface area contributed by atoms with Crippen molar-refractivity contribution in [1.82, 2.24) is 15.0 Å². The third-order valence-electron chi connectivity index (χ3n) is 1.24. The second kappa shape index (κ2) is 5.00. The summed E-state index contributed by atoms with van der Waals surface area (Å²) in [6, 6.07) is 0.195. The Kier molecular flexibility index (Phi) is 3.68. The molecule has 0 aliphatic heterocycles. The maximum Gasteiger partial charge on any atom is 0.325 e. The normalized spacial score (nSPS) is 9.73. The molecule has 15 heavy (non-hydrogen) atoms. The summed E-state index contributed by atoms with van der Waals surface area (Å²) >= 11 is 0. The molecule has 0 aliphatic rings. The van der Waals surface area contributed by atoms with Gasteiger partial charge >= 0.3 is 12.0 Å². The minimum atomic E-state index is -0.0488. The Balaban J connectivity index is 2.81. The lowest BCUT2D eigenvalue weighted by atomic mass is 10.5. The fraction of sp³-hybridized carbons (Fsp3) is 0.444. The summed E-state index contributed by atoms with van der Waals surface area (Å²) in [5.74, 6) is 2.33. The summed E-state index contributed by atoms with van der Waals surface area (Å²) in [4.78, 5) is 11.4. The third-order valence-corrected chi connectivity index (χ3v) is 1.24. The molecule has 1 aromatic heterocycles. The monoisotopic (exact) mass is 208 g/mol. The number of nitrogens with zero attached hydrogens (tertiary/aromatic N) is 3. The topological polar surface area (TPSA) is 83.2 Å². The van der Waals surface area contributed by atoms with Crippen LogP contribution in [0.15, 0.2) is 0 Å². The molecule has 1 heterocycles. The molecule has 0 saturated carbocycles. The number of terminal acetylenes is 1. The Morgan fingerprint density at radius 2 is 2.00 bits per heavy atom. The van der Waals surface area contributed by atoms with Gasteiger partial charge in [-0.1, -0.05) is 5.92 Å². The van der Waals surface area contributed by atoms with E-state index < -0.39 is 0 Å². The van der Waals surface area contributed by atoms with Crippen LogP contribution in [0.25, 0.3) is 0 Å². The predicted molar refractivity (Wildman–Crippen MR) is 54.3 cm³/mol. The lowest BCUT2D eigenvalue weighted by molar-refractivity contribution is 0.216. The molecule has 0 aliphatic carbocycles. The van der Waals surface area contributed by atoms with Gasteiger partial charge in [0.1, 0.15) is 0 Å². The minimum absolute atomic E-state index is 0.0349. The molecule has 1 rings (SSSR count). The first-order valence-electron chi connectivity index (χ1n) is 4.36. The van der Waals surface area contributed by atoms with E-state index in [0.29, 0.717) is 0 Å². The van der Waals surface area contributed by atoms with Crippen LogP contribution < -0.4 is 15.2 Å². The number of nitrogen functional groups attached to an aromatic ring is 1. The van der Waals surface area contributed by atoms with E-state index in [-0.39, 0.29) is 30.7 Å². The van der Waals surface area contributed by atoms with Crippen molar-refractivity contribution in [3.05, 3.63) is 0 Å². The van der Waals surface area contributed by atoms with Gasteiger partial charge in [-0.3, -0.25) is 0 Å². The molecular formula is C9H12N4O2. The van der Waals surface area contributed by atoms with Crippen LogP contribution in [-0.2, 0) is 0 Å². The average molecular weight is 208 g/mol. The first-order chi connectivity index (χ1) is 7.11. The van der Waals surface area contributed by atoms with Gasteiger partial charge in [-0.25, -0.2) is 0 Å². The SMILES string of the molecule is C#CCOc1nc(N)nc(OC(C)C)n1. The molecule has 80 valence electrons. The lowest BCUT2D eigenvalue weighted by Gasteiger charge is -2.08. The maximum absolute atomic E-state index is 5.43. The van der Waals surface area contributed by atoms with E-state index >= 15 is 0 Å². The molecule has 6 nitrogen and oxygen atoms in total. The number of hydrogen-bond donors (Lipinski definition) is 1. The van der Waals surface area contributed by atoms with Crippen LogP contribution in [0.1, 0.15) is 13.8 Å². The number of hydrogen-bond acceptors (Lipinski definition) is 6. The molecule has 0 amide bonds. The van der Waals surface area contributed by atoms with Crippen molar-refractivity contribution in [2.45, 2.75) is 20.0 Å². The van der Waals surface area contributed by atoms with Crippen LogP contribution >= 0.6 is 0 Å². The highest BCUT2D eigenvalue weighted by atomic mass is 16.5. The second-order valence-electron chi connectivity index (χ2n) is 2.92. The number of aromatic nitrogens is 3. The van der Waals surface area contributed by atoms with Gasteiger partial charge in [0, 0.05) is 0 Å². The second-order valence-corrected chi connectivity index (χ2v) is 2.92. The van der Waals surface area contributed by atoms with E-state index in [4.69, 9.17) is 21.6 Å². The van der Waals surface area contributed by atoms with Crippen LogP contribution in [0.3, 0.4) is 0 Å². The molecule has 0 aromatic carbocycles. The minimum Gasteiger partial charge on any atom is -0.461 e. The fourth-order valence-electron chi connectivity index (χ4n) is 0.787. The van der Waals surface area contributed by atoms with Crippen molar-refractivity contribution in [3.63, 3.8) is 0 Å². The van der Waals surface area contributed by atoms with Crippen molar-refractivity contribution in [2.24, 2.45) is 0 Å². The molecule has 0 fully saturated rings. The molecule has 0 unspecified atom stereocenters. The highest BCUT2D eigenvalue weighted by molar-refractivity contribution is 5.20. The van der Waals surface area contributed by atoms with Crippen LogP contribution in [0.5, 0.6) is 12.0 Å². The van der Waals surface area contributed by atoms with E-state index in [1.54, 1.807) is 0 Å². The quantitative estimate of drug-likeness (QED) is 0.714. The Morgan fingerprint density at radius 1 is 1.33 bits per heavy atom. The molecule has 6 heteroatoms. The highest BCUT2D eigenvalue weighted by Gasteiger charge is 2.07. The summed E-state index contributed by atoms with van der Waals surface area (Å²) in [5, 5.41) is 0. The van der Waals surface area contributed by atoms with Gasteiger partial charge in [-0.2, -0.15) is 9.97 Å². The zero-order valence-electron chi connectivity index (χ0n) is 8.60. The number of rotatable bonds is 4. The Hall–Kier alpha value is -2.03. The van der Waals surface area contributed by atoms with Crippen molar-refractivity contribution in [3.8, 4) is 24.4 Å². The van der Waals surface area contributed by atoms with Crippen molar-refractivity contribution in [1.29, 1.82) is 0 Å². The number of anilines is 1. The number of ether oxygens (including phenoxy) is 2. The Bertz CT molecular complexity index is 373. The Morgan fingerprint density at radius 3 is 2.60 bits per heavy atom. The first kappa shape index (κ1) is 11.0. The van der Waals surface area contributed by atoms with Gasteiger partial charge in [0.2, 0.25) is 5.95 Å². The van der Waals surface area contributed by atoms with E-state index in [1.165, 1.54) is 0 Å². The van der Waals surface area contributed by atoms with Crippen molar-refractivity contribution in [2.75, 3.05) is 12.3 Å². The maximum atomic E-state index is 5.43. The molecule has 2 N–H and O–H groups in total. The molecule has 0 spiro atoms. The summed E-state index contributed by atoms with van der Waals surface area (Å²) in [7, 11) is 0. The van der Waals surface area contributed by atoms with E-state index in [9.17, 15) is 0 Å². The van der Waals surface area contributed by atoms with Gasteiger partial charge in [0.25, 0.3) is 0 Å². The zero-order valence-corrected chi connectivity index (χ0v) is 8.60. The van der Waals surface area contributed by atoms with E-state index in [2.05, 4.69) is 20.9 Å². The average Bonchev–Trinajstić information content (AvgIpc) is 2.12. The first-order valence-corrected chi connectivity index (χ1v) is 4.36. The summed E-state index contributed by atoms with van der Waals surface area (Å²) in [6.07, 6.45) is 4.98. The largest absolute Gasteiger partial charge is 0.461 e. The summed E-state index contributed by atoms with van der Waals surface area (Å²) < 4.78 is 10.2. The van der Waals surface area contributed by atoms with E-state index in [0.717, 1.165) is 0 Å². The standard InChI is InChI=1S/C9H12N4O2/c1-4-5-14-8-11-7(10)12-9(13-8)15-6(2)3/h1,6H,5H2,2-3H3,(H2,10,11,12,13). The molecule has 0 atom stereocenters. The smallest absolute Gasteiger partial charge is 0.325 e. The molecule has 1 aromatic rings. The van der Waals surface area contributed by atoms with Gasteiger partial charge in [-0.15, -0.1) is 11.4 Å². The van der Waals surface area contributed by atoms with Gasteiger partial charge in [0.15, 0.2) is 6.61 Å². The Labute approximate surface area is 87.8 Å². The predicted octanol–water partition coefficient (Wildman–Crippen LogP) is 0.253. The van der Waals surface area contributed by atoms with Crippen molar-refractivity contribution < 1.29 is 9.47 Å². The third kappa shape index (κ3) is 3.68. The highest BCUT2D eigenvalue weighted by Crippen LogP contribution is 2.11. The zero-order chi connectivity index (χ0) is 11.3. The van der Waals surface area contributed by atoms with Crippen LogP contribution in [0.2, 0.25) is 0 Å². The fourth-order valence-corrected chi connectivity index (χ4v) is 0.787. The van der Waals surface area contributed by atoms with Gasteiger partial charge < -0.3 is 15.2 Å². The van der Waals surface area contributed by atoms with Crippen LogP contribution in [-0.4, -0.2) is 27.7 Å². The van der Waals surface area contributed by atoms with Crippen LogP contribution in [0.4, 0.5) is 5.95 Å². The molecule has 0 saturated heterocycles. The molecule has 0 bridgehead atoms. The van der Waals surface area contributed by atoms with Crippen molar-refractivity contribution >= 4 is 5.95 Å².